The van der Waals surface area contributed by atoms with Gasteiger partial charge >= 0.3 is 0 Å². The molecule has 3 heteroatoms. The van der Waals surface area contributed by atoms with E-state index in [1.807, 2.05) is 23.1 Å². The molecule has 1 saturated heterocycles. The Bertz CT molecular complexity index is 422. The van der Waals surface area contributed by atoms with Crippen molar-refractivity contribution in [2.75, 3.05) is 13.1 Å². The molecule has 84 valence electrons. The zero-order chi connectivity index (χ0) is 11.0. The van der Waals surface area contributed by atoms with E-state index in [0.717, 1.165) is 31.5 Å². The molecule has 0 radical (unpaired) electrons. The first-order valence-corrected chi connectivity index (χ1v) is 5.83. The molecule has 0 bridgehead atoms. The lowest BCUT2D eigenvalue weighted by molar-refractivity contribution is 0.0792. The molecule has 16 heavy (non-hydrogen) atoms. The standard InChI is InChI=1S/C13H15NO2/c15-13(14-5-1-2-6-14)10-3-4-11-8-16-9-12(11)7-10/h3-4,7H,1-2,5-6,8-9H2. The molecule has 2 heterocycles. The van der Waals surface area contributed by atoms with Crippen LogP contribution in [-0.2, 0) is 18.0 Å². The van der Waals surface area contributed by atoms with Crippen molar-refractivity contribution in [1.29, 1.82) is 0 Å². The Labute approximate surface area is 95.0 Å². The lowest BCUT2D eigenvalue weighted by Crippen LogP contribution is -2.27. The van der Waals surface area contributed by atoms with Crippen LogP contribution in [0.5, 0.6) is 0 Å². The molecule has 2 aliphatic heterocycles. The van der Waals surface area contributed by atoms with E-state index in [-0.39, 0.29) is 5.91 Å². The van der Waals surface area contributed by atoms with E-state index < -0.39 is 0 Å². The van der Waals surface area contributed by atoms with E-state index in [1.54, 1.807) is 0 Å². The number of carbonyl (C=O) groups excluding carboxylic acids is 1. The summed E-state index contributed by atoms with van der Waals surface area (Å²) in [6.07, 6.45) is 2.28. The van der Waals surface area contributed by atoms with Gasteiger partial charge in [-0.15, -0.1) is 0 Å². The van der Waals surface area contributed by atoms with Gasteiger partial charge in [-0.3, -0.25) is 4.79 Å². The largest absolute Gasteiger partial charge is 0.372 e. The van der Waals surface area contributed by atoms with Crippen LogP contribution in [0.4, 0.5) is 0 Å². The number of fused-ring (bicyclic) bond motifs is 1. The lowest BCUT2D eigenvalue weighted by atomic mass is 10.1. The first-order valence-electron chi connectivity index (χ1n) is 5.83. The first kappa shape index (κ1) is 9.85. The molecule has 0 N–H and O–H groups in total. The summed E-state index contributed by atoms with van der Waals surface area (Å²) < 4.78 is 5.35. The number of ether oxygens (including phenoxy) is 1. The molecule has 1 aromatic rings. The molecule has 0 atom stereocenters. The summed E-state index contributed by atoms with van der Waals surface area (Å²) >= 11 is 0. The molecule has 2 aliphatic rings. The monoisotopic (exact) mass is 217 g/mol. The second kappa shape index (κ2) is 3.91. The summed E-state index contributed by atoms with van der Waals surface area (Å²) in [4.78, 5) is 14.1. The van der Waals surface area contributed by atoms with Crippen LogP contribution in [0.1, 0.15) is 34.3 Å². The average Bonchev–Trinajstić information content (AvgIpc) is 2.98. The zero-order valence-electron chi connectivity index (χ0n) is 9.24. The molecule has 1 fully saturated rings. The fourth-order valence-corrected chi connectivity index (χ4v) is 2.41. The average molecular weight is 217 g/mol. The summed E-state index contributed by atoms with van der Waals surface area (Å²) in [5, 5.41) is 0. The molecular weight excluding hydrogens is 202 g/mol. The maximum atomic E-state index is 12.1. The van der Waals surface area contributed by atoms with E-state index >= 15 is 0 Å². The third-order valence-electron chi connectivity index (χ3n) is 3.36. The second-order valence-corrected chi connectivity index (χ2v) is 4.48. The fraction of sp³-hybridized carbons (Fsp3) is 0.462. The highest BCUT2D eigenvalue weighted by atomic mass is 16.5. The lowest BCUT2D eigenvalue weighted by Gasteiger charge is -2.15. The van der Waals surface area contributed by atoms with Gasteiger partial charge in [0.05, 0.1) is 13.2 Å². The van der Waals surface area contributed by atoms with E-state index in [1.165, 1.54) is 11.1 Å². The Morgan fingerprint density at radius 2 is 1.88 bits per heavy atom. The number of likely N-dealkylation sites (tertiary alicyclic amines) is 1. The van der Waals surface area contributed by atoms with Crippen molar-refractivity contribution in [1.82, 2.24) is 4.90 Å². The number of hydrogen-bond acceptors (Lipinski definition) is 2. The van der Waals surface area contributed by atoms with Gasteiger partial charge < -0.3 is 9.64 Å². The van der Waals surface area contributed by atoms with Crippen LogP contribution in [-0.4, -0.2) is 23.9 Å². The summed E-state index contributed by atoms with van der Waals surface area (Å²) in [5.74, 6) is 0.173. The van der Waals surface area contributed by atoms with Gasteiger partial charge in [0, 0.05) is 18.7 Å². The van der Waals surface area contributed by atoms with E-state index in [4.69, 9.17) is 4.74 Å². The maximum Gasteiger partial charge on any atom is 0.253 e. The fourth-order valence-electron chi connectivity index (χ4n) is 2.41. The highest BCUT2D eigenvalue weighted by molar-refractivity contribution is 5.94. The Morgan fingerprint density at radius 3 is 2.69 bits per heavy atom. The molecular formula is C13H15NO2. The van der Waals surface area contributed by atoms with Gasteiger partial charge in [0.15, 0.2) is 0 Å². The molecule has 3 nitrogen and oxygen atoms in total. The third-order valence-corrected chi connectivity index (χ3v) is 3.36. The van der Waals surface area contributed by atoms with Crippen LogP contribution >= 0.6 is 0 Å². The maximum absolute atomic E-state index is 12.1. The zero-order valence-corrected chi connectivity index (χ0v) is 9.24. The van der Waals surface area contributed by atoms with Gasteiger partial charge in [-0.2, -0.15) is 0 Å². The first-order chi connectivity index (χ1) is 7.84. The Balaban J connectivity index is 1.86. The van der Waals surface area contributed by atoms with Crippen molar-refractivity contribution in [2.24, 2.45) is 0 Å². The van der Waals surface area contributed by atoms with Crippen LogP contribution in [0.3, 0.4) is 0 Å². The van der Waals surface area contributed by atoms with Crippen molar-refractivity contribution >= 4 is 5.91 Å². The number of amides is 1. The van der Waals surface area contributed by atoms with Crippen LogP contribution in [0, 0.1) is 0 Å². The van der Waals surface area contributed by atoms with Crippen molar-refractivity contribution in [2.45, 2.75) is 26.1 Å². The molecule has 0 aliphatic carbocycles. The highest BCUT2D eigenvalue weighted by Gasteiger charge is 2.21. The number of rotatable bonds is 1. The Morgan fingerprint density at radius 1 is 1.12 bits per heavy atom. The topological polar surface area (TPSA) is 29.5 Å². The van der Waals surface area contributed by atoms with Crippen molar-refractivity contribution in [3.8, 4) is 0 Å². The summed E-state index contributed by atoms with van der Waals surface area (Å²) in [5.41, 5.74) is 3.20. The number of carbonyl (C=O) groups is 1. The van der Waals surface area contributed by atoms with Crippen molar-refractivity contribution in [3.63, 3.8) is 0 Å². The molecule has 0 spiro atoms. The Hall–Kier alpha value is -1.35. The third kappa shape index (κ3) is 1.61. The van der Waals surface area contributed by atoms with E-state index in [0.29, 0.717) is 13.2 Å². The molecule has 0 aromatic heterocycles. The van der Waals surface area contributed by atoms with Crippen molar-refractivity contribution < 1.29 is 9.53 Å². The smallest absolute Gasteiger partial charge is 0.253 e. The normalized spacial score (nSPS) is 18.9. The van der Waals surface area contributed by atoms with Gasteiger partial charge in [0.1, 0.15) is 0 Å². The number of benzene rings is 1. The van der Waals surface area contributed by atoms with Gasteiger partial charge in [-0.05, 0) is 36.1 Å². The predicted molar refractivity (Wildman–Crippen MR) is 60.1 cm³/mol. The number of nitrogens with zero attached hydrogens (tertiary/aromatic N) is 1. The van der Waals surface area contributed by atoms with Crippen LogP contribution in [0.25, 0.3) is 0 Å². The number of hydrogen-bond donors (Lipinski definition) is 0. The van der Waals surface area contributed by atoms with Gasteiger partial charge in [0.25, 0.3) is 5.91 Å². The van der Waals surface area contributed by atoms with Gasteiger partial charge in [-0.1, -0.05) is 6.07 Å². The highest BCUT2D eigenvalue weighted by Crippen LogP contribution is 2.22. The van der Waals surface area contributed by atoms with Crippen LogP contribution in [0.15, 0.2) is 18.2 Å². The minimum atomic E-state index is 0.173. The summed E-state index contributed by atoms with van der Waals surface area (Å²) in [7, 11) is 0. The van der Waals surface area contributed by atoms with E-state index in [2.05, 4.69) is 0 Å². The van der Waals surface area contributed by atoms with Crippen molar-refractivity contribution in [3.05, 3.63) is 34.9 Å². The predicted octanol–water partition coefficient (Wildman–Crippen LogP) is 1.95. The molecule has 1 amide bonds. The summed E-state index contributed by atoms with van der Waals surface area (Å²) in [6, 6.07) is 5.93. The Kier molecular flexibility index (Phi) is 2.40. The van der Waals surface area contributed by atoms with Gasteiger partial charge in [0.2, 0.25) is 0 Å². The quantitative estimate of drug-likeness (QED) is 0.719. The van der Waals surface area contributed by atoms with Gasteiger partial charge in [-0.25, -0.2) is 0 Å². The molecule has 1 aromatic carbocycles. The van der Waals surface area contributed by atoms with E-state index in [9.17, 15) is 4.79 Å². The molecule has 3 rings (SSSR count). The SMILES string of the molecule is O=C(c1ccc2c(c1)COC2)N1CCCC1. The second-order valence-electron chi connectivity index (χ2n) is 4.48. The van der Waals surface area contributed by atoms with Crippen LogP contribution in [0.2, 0.25) is 0 Å². The molecule has 0 saturated carbocycles. The minimum absolute atomic E-state index is 0.173. The molecule has 0 unspecified atom stereocenters. The van der Waals surface area contributed by atoms with Crippen LogP contribution < -0.4 is 0 Å². The minimum Gasteiger partial charge on any atom is -0.372 e. The summed E-state index contributed by atoms with van der Waals surface area (Å²) in [6.45, 7) is 3.16.